The third-order valence-electron chi connectivity index (χ3n) is 4.07. The maximum atomic E-state index is 11.9. The molecule has 0 saturated heterocycles. The Morgan fingerprint density at radius 1 is 1.13 bits per heavy atom. The zero-order chi connectivity index (χ0) is 16.7. The number of hydrogen-bond acceptors (Lipinski definition) is 2. The van der Waals surface area contributed by atoms with E-state index in [2.05, 4.69) is 35.6 Å². The largest absolute Gasteiger partial charge is 0.393 e. The van der Waals surface area contributed by atoms with E-state index in [0.29, 0.717) is 18.9 Å². The fourth-order valence-electron chi connectivity index (χ4n) is 2.89. The van der Waals surface area contributed by atoms with Gasteiger partial charge in [-0.1, -0.05) is 49.4 Å². The predicted octanol–water partition coefficient (Wildman–Crippen LogP) is 3.69. The molecule has 0 bridgehead atoms. The highest BCUT2D eigenvalue weighted by Crippen LogP contribution is 2.17. The molecule has 0 aliphatic carbocycles. The molecule has 2 N–H and O–H groups in total. The molecular weight excluding hydrogens is 286 g/mol. The molecule has 2 aromatic rings. The number of fused-ring (bicyclic) bond motifs is 1. The topological polar surface area (TPSA) is 49.3 Å². The first-order valence-electron chi connectivity index (χ1n) is 8.47. The molecule has 2 rings (SSSR count). The van der Waals surface area contributed by atoms with Gasteiger partial charge in [0.25, 0.3) is 0 Å². The van der Waals surface area contributed by atoms with E-state index in [1.165, 1.54) is 16.3 Å². The molecule has 3 nitrogen and oxygen atoms in total. The van der Waals surface area contributed by atoms with E-state index in [1.807, 2.05) is 19.1 Å². The van der Waals surface area contributed by atoms with Crippen LogP contribution in [0, 0.1) is 5.92 Å². The van der Waals surface area contributed by atoms with Gasteiger partial charge in [0.15, 0.2) is 0 Å². The van der Waals surface area contributed by atoms with Crippen molar-refractivity contribution < 1.29 is 9.90 Å². The smallest absolute Gasteiger partial charge is 0.220 e. The zero-order valence-electron chi connectivity index (χ0n) is 14.1. The lowest BCUT2D eigenvalue weighted by Crippen LogP contribution is -2.29. The molecule has 1 amide bonds. The van der Waals surface area contributed by atoms with Crippen molar-refractivity contribution in [3.05, 3.63) is 48.0 Å². The van der Waals surface area contributed by atoms with Crippen molar-refractivity contribution in [1.82, 2.24) is 5.32 Å². The van der Waals surface area contributed by atoms with E-state index in [-0.39, 0.29) is 12.0 Å². The summed E-state index contributed by atoms with van der Waals surface area (Å²) in [5.74, 6) is 0.405. The zero-order valence-corrected chi connectivity index (χ0v) is 14.1. The highest BCUT2D eigenvalue weighted by Gasteiger charge is 2.08. The van der Waals surface area contributed by atoms with E-state index >= 15 is 0 Å². The van der Waals surface area contributed by atoms with Gasteiger partial charge in [-0.2, -0.15) is 0 Å². The molecule has 124 valence electrons. The predicted molar refractivity (Wildman–Crippen MR) is 95.4 cm³/mol. The van der Waals surface area contributed by atoms with Crippen LogP contribution in [0.1, 0.15) is 38.7 Å². The number of carbonyl (C=O) groups excluding carboxylic acids is 1. The van der Waals surface area contributed by atoms with Crippen LogP contribution in [0.4, 0.5) is 0 Å². The van der Waals surface area contributed by atoms with Gasteiger partial charge in [0.05, 0.1) is 6.10 Å². The standard InChI is InChI=1S/C20H27NO2/c1-15(12-16(2)22)14-21-20(23)9-5-6-17-10-11-18-7-3-4-8-19(18)13-17/h3-4,7-8,10-11,13,15-16,22H,5-6,9,12,14H2,1-2H3,(H,21,23). The summed E-state index contributed by atoms with van der Waals surface area (Å²) in [6.45, 7) is 4.46. The number of rotatable bonds is 8. The Labute approximate surface area is 138 Å². The summed E-state index contributed by atoms with van der Waals surface area (Å²) in [4.78, 5) is 11.9. The second-order valence-electron chi connectivity index (χ2n) is 6.53. The highest BCUT2D eigenvalue weighted by atomic mass is 16.3. The minimum atomic E-state index is -0.310. The summed E-state index contributed by atoms with van der Waals surface area (Å²) >= 11 is 0. The molecule has 0 heterocycles. The first-order valence-corrected chi connectivity index (χ1v) is 8.47. The van der Waals surface area contributed by atoms with Gasteiger partial charge in [-0.05, 0) is 48.4 Å². The van der Waals surface area contributed by atoms with Gasteiger partial charge in [-0.3, -0.25) is 4.79 Å². The Kier molecular flexibility index (Phi) is 6.60. The molecule has 0 aromatic heterocycles. The van der Waals surface area contributed by atoms with Gasteiger partial charge in [0.1, 0.15) is 0 Å². The normalized spacial score (nSPS) is 13.7. The third-order valence-corrected chi connectivity index (χ3v) is 4.07. The van der Waals surface area contributed by atoms with Gasteiger partial charge < -0.3 is 10.4 Å². The summed E-state index contributed by atoms with van der Waals surface area (Å²) in [5.41, 5.74) is 1.28. The number of nitrogens with one attached hydrogen (secondary N) is 1. The minimum Gasteiger partial charge on any atom is -0.393 e. The number of hydrogen-bond donors (Lipinski definition) is 2. The molecule has 0 aliphatic rings. The number of aryl methyl sites for hydroxylation is 1. The second-order valence-corrected chi connectivity index (χ2v) is 6.53. The lowest BCUT2D eigenvalue weighted by molar-refractivity contribution is -0.121. The number of aliphatic hydroxyl groups is 1. The number of benzene rings is 2. The molecule has 0 saturated carbocycles. The van der Waals surface area contributed by atoms with Crippen LogP contribution in [0.5, 0.6) is 0 Å². The van der Waals surface area contributed by atoms with Gasteiger partial charge in [0, 0.05) is 13.0 Å². The number of carbonyl (C=O) groups is 1. The van der Waals surface area contributed by atoms with Crippen LogP contribution in [0.15, 0.2) is 42.5 Å². The fraction of sp³-hybridized carbons (Fsp3) is 0.450. The average Bonchev–Trinajstić information content (AvgIpc) is 2.52. The molecule has 2 aromatic carbocycles. The molecular formula is C20H27NO2. The van der Waals surface area contributed by atoms with Gasteiger partial charge in [-0.25, -0.2) is 0 Å². The number of amides is 1. The summed E-state index contributed by atoms with van der Waals surface area (Å²) in [5, 5.41) is 14.8. The monoisotopic (exact) mass is 313 g/mol. The van der Waals surface area contributed by atoms with Crippen molar-refractivity contribution in [2.24, 2.45) is 5.92 Å². The van der Waals surface area contributed by atoms with Crippen molar-refractivity contribution >= 4 is 16.7 Å². The molecule has 0 aliphatic heterocycles. The first-order chi connectivity index (χ1) is 11.0. The van der Waals surface area contributed by atoms with E-state index in [4.69, 9.17) is 0 Å². The second kappa shape index (κ2) is 8.68. The highest BCUT2D eigenvalue weighted by molar-refractivity contribution is 5.83. The minimum absolute atomic E-state index is 0.100. The lowest BCUT2D eigenvalue weighted by Gasteiger charge is -2.14. The van der Waals surface area contributed by atoms with Crippen LogP contribution >= 0.6 is 0 Å². The average molecular weight is 313 g/mol. The van der Waals surface area contributed by atoms with E-state index in [1.54, 1.807) is 6.92 Å². The van der Waals surface area contributed by atoms with Crippen molar-refractivity contribution in [3.63, 3.8) is 0 Å². The van der Waals surface area contributed by atoms with Crippen molar-refractivity contribution in [3.8, 4) is 0 Å². The van der Waals surface area contributed by atoms with Crippen molar-refractivity contribution in [1.29, 1.82) is 0 Å². The van der Waals surface area contributed by atoms with Crippen LogP contribution in [0.2, 0.25) is 0 Å². The Balaban J connectivity index is 1.72. The first kappa shape index (κ1) is 17.5. The molecule has 2 unspecified atom stereocenters. The van der Waals surface area contributed by atoms with Gasteiger partial charge in [-0.15, -0.1) is 0 Å². The molecule has 2 atom stereocenters. The van der Waals surface area contributed by atoms with Gasteiger partial charge in [0.2, 0.25) is 5.91 Å². The molecule has 0 radical (unpaired) electrons. The summed E-state index contributed by atoms with van der Waals surface area (Å²) in [6.07, 6.45) is 2.73. The van der Waals surface area contributed by atoms with Gasteiger partial charge >= 0.3 is 0 Å². The fourth-order valence-corrected chi connectivity index (χ4v) is 2.89. The molecule has 0 fully saturated rings. The Morgan fingerprint density at radius 3 is 2.61 bits per heavy atom. The van der Waals surface area contributed by atoms with E-state index < -0.39 is 0 Å². The molecule has 3 heteroatoms. The lowest BCUT2D eigenvalue weighted by atomic mass is 10.0. The Morgan fingerprint density at radius 2 is 1.87 bits per heavy atom. The van der Waals surface area contributed by atoms with Crippen LogP contribution in [-0.4, -0.2) is 23.7 Å². The van der Waals surface area contributed by atoms with E-state index in [9.17, 15) is 9.90 Å². The van der Waals surface area contributed by atoms with Crippen molar-refractivity contribution in [2.75, 3.05) is 6.54 Å². The maximum Gasteiger partial charge on any atom is 0.220 e. The summed E-state index contributed by atoms with van der Waals surface area (Å²) < 4.78 is 0. The van der Waals surface area contributed by atoms with Crippen LogP contribution in [-0.2, 0) is 11.2 Å². The van der Waals surface area contributed by atoms with Crippen molar-refractivity contribution in [2.45, 2.75) is 45.6 Å². The van der Waals surface area contributed by atoms with Crippen LogP contribution in [0.3, 0.4) is 0 Å². The molecule has 23 heavy (non-hydrogen) atoms. The Hall–Kier alpha value is -1.87. The maximum absolute atomic E-state index is 11.9. The Bertz CT molecular complexity index is 636. The SMILES string of the molecule is CC(O)CC(C)CNC(=O)CCCc1ccc2ccccc2c1. The molecule has 0 spiro atoms. The summed E-state index contributed by atoms with van der Waals surface area (Å²) in [7, 11) is 0. The quantitative estimate of drug-likeness (QED) is 0.781. The number of aliphatic hydroxyl groups excluding tert-OH is 1. The van der Waals surface area contributed by atoms with Crippen LogP contribution < -0.4 is 5.32 Å². The summed E-state index contributed by atoms with van der Waals surface area (Å²) in [6, 6.07) is 14.8. The van der Waals surface area contributed by atoms with E-state index in [0.717, 1.165) is 19.3 Å². The van der Waals surface area contributed by atoms with Crippen LogP contribution in [0.25, 0.3) is 10.8 Å². The third kappa shape index (κ3) is 6.03.